The fourth-order valence-electron chi connectivity index (χ4n) is 2.00. The Morgan fingerprint density at radius 3 is 2.50 bits per heavy atom. The fraction of sp³-hybridized carbons (Fsp3) is 0.312. The molecule has 0 radical (unpaired) electrons. The Morgan fingerprint density at radius 1 is 1.10 bits per heavy atom. The first-order valence-corrected chi connectivity index (χ1v) is 6.77. The summed E-state index contributed by atoms with van der Waals surface area (Å²) in [4.78, 5) is 12.4. The van der Waals surface area contributed by atoms with Crippen molar-refractivity contribution in [2.45, 2.75) is 32.9 Å². The lowest BCUT2D eigenvalue weighted by Gasteiger charge is -2.16. The van der Waals surface area contributed by atoms with Gasteiger partial charge in [0.1, 0.15) is 5.76 Å². The predicted octanol–water partition coefficient (Wildman–Crippen LogP) is 3.59. The highest BCUT2D eigenvalue weighted by Crippen LogP contribution is 2.18. The van der Waals surface area contributed by atoms with Crippen LogP contribution in [0.1, 0.15) is 42.9 Å². The average molecular weight is 272 g/mol. The summed E-state index contributed by atoms with van der Waals surface area (Å²) in [5, 5.41) is 6.22. The van der Waals surface area contributed by atoms with Gasteiger partial charge in [-0.15, -0.1) is 0 Å². The molecule has 2 rings (SSSR count). The van der Waals surface area contributed by atoms with E-state index >= 15 is 0 Å². The van der Waals surface area contributed by atoms with Crippen molar-refractivity contribution in [3.63, 3.8) is 0 Å². The molecule has 0 fully saturated rings. The van der Waals surface area contributed by atoms with Crippen LogP contribution in [-0.2, 0) is 0 Å². The molecule has 1 aromatic heterocycles. The van der Waals surface area contributed by atoms with Gasteiger partial charge in [0, 0.05) is 11.7 Å². The highest BCUT2D eigenvalue weighted by Gasteiger charge is 2.16. The van der Waals surface area contributed by atoms with E-state index in [9.17, 15) is 4.79 Å². The number of hydrogen-bond acceptors (Lipinski definition) is 3. The molecule has 0 aliphatic heterocycles. The second kappa shape index (κ2) is 6.28. The first-order chi connectivity index (χ1) is 9.58. The lowest BCUT2D eigenvalue weighted by Crippen LogP contribution is -2.27. The number of para-hydroxylation sites is 1. The van der Waals surface area contributed by atoms with Crippen LogP contribution in [-0.4, -0.2) is 11.9 Å². The number of anilines is 1. The molecule has 0 aliphatic rings. The molecule has 2 N–H and O–H groups in total. The monoisotopic (exact) mass is 272 g/mol. The number of amides is 1. The number of hydrogen-bond donors (Lipinski definition) is 2. The number of carbonyl (C=O) groups is 1. The maximum absolute atomic E-state index is 12.4. The summed E-state index contributed by atoms with van der Waals surface area (Å²) < 4.78 is 5.30. The van der Waals surface area contributed by atoms with Gasteiger partial charge >= 0.3 is 0 Å². The van der Waals surface area contributed by atoms with Crippen molar-refractivity contribution in [2.75, 3.05) is 5.32 Å². The lowest BCUT2D eigenvalue weighted by atomic mass is 10.1. The minimum atomic E-state index is -0.162. The summed E-state index contributed by atoms with van der Waals surface area (Å²) in [5.74, 6) is 0.630. The molecule has 4 nitrogen and oxygen atoms in total. The van der Waals surface area contributed by atoms with E-state index < -0.39 is 0 Å². The van der Waals surface area contributed by atoms with Crippen LogP contribution in [0.4, 0.5) is 5.69 Å². The molecule has 2 aromatic rings. The number of benzene rings is 1. The Kier molecular flexibility index (Phi) is 4.45. The normalized spacial score (nSPS) is 12.2. The van der Waals surface area contributed by atoms with Crippen molar-refractivity contribution in [3.05, 3.63) is 54.0 Å². The quantitative estimate of drug-likeness (QED) is 0.874. The van der Waals surface area contributed by atoms with Crippen molar-refractivity contribution in [1.82, 2.24) is 5.32 Å². The smallest absolute Gasteiger partial charge is 0.253 e. The van der Waals surface area contributed by atoms with Crippen molar-refractivity contribution in [3.8, 4) is 0 Å². The molecule has 0 spiro atoms. The van der Waals surface area contributed by atoms with Gasteiger partial charge in [0.15, 0.2) is 0 Å². The Balaban J connectivity index is 2.13. The zero-order valence-electron chi connectivity index (χ0n) is 12.0. The standard InChI is InChI=1S/C16H20N2O2/c1-11(2)17-14-8-5-4-7-13(14)16(19)18-12(3)15-9-6-10-20-15/h4-12,17H,1-3H3,(H,18,19). The molecule has 1 unspecified atom stereocenters. The van der Waals surface area contributed by atoms with Crippen molar-refractivity contribution in [1.29, 1.82) is 0 Å². The van der Waals surface area contributed by atoms with E-state index in [1.54, 1.807) is 6.26 Å². The van der Waals surface area contributed by atoms with Gasteiger partial charge in [0.2, 0.25) is 0 Å². The Labute approximate surface area is 119 Å². The highest BCUT2D eigenvalue weighted by molar-refractivity contribution is 5.99. The molecule has 0 bridgehead atoms. The third kappa shape index (κ3) is 3.41. The van der Waals surface area contributed by atoms with Gasteiger partial charge in [-0.2, -0.15) is 0 Å². The van der Waals surface area contributed by atoms with E-state index in [2.05, 4.69) is 10.6 Å². The van der Waals surface area contributed by atoms with Crippen LogP contribution in [0.3, 0.4) is 0 Å². The van der Waals surface area contributed by atoms with E-state index in [0.29, 0.717) is 5.56 Å². The Bertz CT molecular complexity index is 562. The number of nitrogens with one attached hydrogen (secondary N) is 2. The molecule has 0 saturated heterocycles. The van der Waals surface area contributed by atoms with Crippen LogP contribution >= 0.6 is 0 Å². The van der Waals surface area contributed by atoms with Crippen LogP contribution < -0.4 is 10.6 Å². The van der Waals surface area contributed by atoms with E-state index in [0.717, 1.165) is 11.4 Å². The summed E-state index contributed by atoms with van der Waals surface area (Å²) in [7, 11) is 0. The lowest BCUT2D eigenvalue weighted by molar-refractivity contribution is 0.0936. The molecule has 4 heteroatoms. The topological polar surface area (TPSA) is 54.3 Å². The third-order valence-electron chi connectivity index (χ3n) is 2.93. The summed E-state index contributed by atoms with van der Waals surface area (Å²) in [6.45, 7) is 5.98. The van der Waals surface area contributed by atoms with Crippen LogP contribution in [0.15, 0.2) is 47.1 Å². The molecule has 0 aliphatic carbocycles. The summed E-state index contributed by atoms with van der Waals surface area (Å²) in [6, 6.07) is 11.3. The number of carbonyl (C=O) groups excluding carboxylic acids is 1. The van der Waals surface area contributed by atoms with Crippen LogP contribution in [0.2, 0.25) is 0 Å². The molecular weight excluding hydrogens is 252 g/mol. The van der Waals surface area contributed by atoms with E-state index in [1.165, 1.54) is 0 Å². The second-order valence-electron chi connectivity index (χ2n) is 5.06. The number of rotatable bonds is 5. The van der Waals surface area contributed by atoms with Gasteiger partial charge in [0.25, 0.3) is 5.91 Å². The zero-order chi connectivity index (χ0) is 14.5. The molecule has 20 heavy (non-hydrogen) atoms. The summed E-state index contributed by atoms with van der Waals surface area (Å²) in [5.41, 5.74) is 1.48. The molecule has 1 aromatic carbocycles. The number of furan rings is 1. The molecule has 1 amide bonds. The second-order valence-corrected chi connectivity index (χ2v) is 5.06. The van der Waals surface area contributed by atoms with Crippen LogP contribution in [0.25, 0.3) is 0 Å². The molecular formula is C16H20N2O2. The average Bonchev–Trinajstić information content (AvgIpc) is 2.92. The van der Waals surface area contributed by atoms with Crippen LogP contribution in [0.5, 0.6) is 0 Å². The van der Waals surface area contributed by atoms with E-state index in [1.807, 2.05) is 57.2 Å². The largest absolute Gasteiger partial charge is 0.467 e. The minimum Gasteiger partial charge on any atom is -0.467 e. The zero-order valence-corrected chi connectivity index (χ0v) is 12.0. The predicted molar refractivity (Wildman–Crippen MR) is 79.8 cm³/mol. The van der Waals surface area contributed by atoms with E-state index in [4.69, 9.17) is 4.42 Å². The molecule has 0 saturated carbocycles. The SMILES string of the molecule is CC(C)Nc1ccccc1C(=O)NC(C)c1ccco1. The Hall–Kier alpha value is -2.23. The van der Waals surface area contributed by atoms with Gasteiger partial charge in [0.05, 0.1) is 17.9 Å². The van der Waals surface area contributed by atoms with Crippen molar-refractivity contribution < 1.29 is 9.21 Å². The first kappa shape index (κ1) is 14.2. The van der Waals surface area contributed by atoms with Crippen LogP contribution in [0, 0.1) is 0 Å². The Morgan fingerprint density at radius 2 is 1.85 bits per heavy atom. The molecule has 106 valence electrons. The highest BCUT2D eigenvalue weighted by atomic mass is 16.3. The molecule has 1 atom stereocenters. The maximum atomic E-state index is 12.4. The van der Waals surface area contributed by atoms with Gasteiger partial charge in [-0.05, 0) is 45.0 Å². The van der Waals surface area contributed by atoms with Crippen molar-refractivity contribution in [2.24, 2.45) is 0 Å². The van der Waals surface area contributed by atoms with Gasteiger partial charge < -0.3 is 15.1 Å². The van der Waals surface area contributed by atoms with Crippen molar-refractivity contribution >= 4 is 11.6 Å². The van der Waals surface area contributed by atoms with Gasteiger partial charge in [-0.1, -0.05) is 12.1 Å². The maximum Gasteiger partial charge on any atom is 0.253 e. The van der Waals surface area contributed by atoms with Gasteiger partial charge in [-0.25, -0.2) is 0 Å². The van der Waals surface area contributed by atoms with Gasteiger partial charge in [-0.3, -0.25) is 4.79 Å². The molecule has 1 heterocycles. The summed E-state index contributed by atoms with van der Waals surface area (Å²) >= 11 is 0. The van der Waals surface area contributed by atoms with E-state index in [-0.39, 0.29) is 18.0 Å². The first-order valence-electron chi connectivity index (χ1n) is 6.77. The fourth-order valence-corrected chi connectivity index (χ4v) is 2.00. The third-order valence-corrected chi connectivity index (χ3v) is 2.93. The summed E-state index contributed by atoms with van der Waals surface area (Å²) in [6.07, 6.45) is 1.60. The minimum absolute atomic E-state index is 0.113.